The Bertz CT molecular complexity index is 1130. The first kappa shape index (κ1) is 16.4. The van der Waals surface area contributed by atoms with Crippen LogP contribution in [0.1, 0.15) is 5.69 Å². The Morgan fingerprint density at radius 3 is 2.70 bits per heavy atom. The highest BCUT2D eigenvalue weighted by Gasteiger charge is 2.22. The van der Waals surface area contributed by atoms with Crippen LogP contribution in [0.2, 0.25) is 0 Å². The largest absolute Gasteiger partial charge is 0.367 e. The Morgan fingerprint density at radius 2 is 1.85 bits per heavy atom. The van der Waals surface area contributed by atoms with E-state index in [1.54, 1.807) is 23.7 Å². The van der Waals surface area contributed by atoms with Crippen molar-refractivity contribution in [3.8, 4) is 0 Å². The van der Waals surface area contributed by atoms with Gasteiger partial charge in [-0.25, -0.2) is 19.3 Å². The molecule has 0 aliphatic carbocycles. The van der Waals surface area contributed by atoms with Gasteiger partial charge in [0, 0.05) is 42.9 Å². The number of fused-ring (bicyclic) bond motifs is 2. The lowest BCUT2D eigenvalue weighted by atomic mass is 10.1. The second-order valence-corrected chi connectivity index (χ2v) is 7.64. The molecule has 4 heterocycles. The standard InChI is InChI=1S/C20H18FN5S/c1-13-11-17(14-3-2-4-15(21)18(14)24-13)25-6-8-26(9-7-25)20-19-16(5-10-27-19)22-12-23-20/h2-5,10-12H,6-9H2,1H3. The van der Waals surface area contributed by atoms with Gasteiger partial charge in [0.25, 0.3) is 0 Å². The SMILES string of the molecule is Cc1cc(N2CCN(c3ncnc4ccsc34)CC2)c2cccc(F)c2n1. The van der Waals surface area contributed by atoms with Crippen molar-refractivity contribution in [3.05, 3.63) is 53.6 Å². The molecule has 4 aromatic rings. The van der Waals surface area contributed by atoms with Gasteiger partial charge >= 0.3 is 0 Å². The molecular weight excluding hydrogens is 361 g/mol. The number of hydrogen-bond donors (Lipinski definition) is 0. The molecule has 0 amide bonds. The lowest BCUT2D eigenvalue weighted by Crippen LogP contribution is -2.47. The molecular formula is C20H18FN5S. The summed E-state index contributed by atoms with van der Waals surface area (Å²) in [6.45, 7) is 5.35. The number of nitrogens with zero attached hydrogens (tertiary/aromatic N) is 5. The topological polar surface area (TPSA) is 45.2 Å². The molecule has 1 aliphatic rings. The van der Waals surface area contributed by atoms with Crippen molar-refractivity contribution in [2.45, 2.75) is 6.92 Å². The van der Waals surface area contributed by atoms with Gasteiger partial charge in [-0.1, -0.05) is 12.1 Å². The normalized spacial score (nSPS) is 15.0. The first-order chi connectivity index (χ1) is 13.2. The summed E-state index contributed by atoms with van der Waals surface area (Å²) in [7, 11) is 0. The Kier molecular flexibility index (Phi) is 3.89. The van der Waals surface area contributed by atoms with E-state index in [9.17, 15) is 4.39 Å². The van der Waals surface area contributed by atoms with Crippen molar-refractivity contribution < 1.29 is 4.39 Å². The van der Waals surface area contributed by atoms with Crippen LogP contribution in [0.3, 0.4) is 0 Å². The van der Waals surface area contributed by atoms with Crippen LogP contribution in [0.15, 0.2) is 42.0 Å². The fraction of sp³-hybridized carbons (Fsp3) is 0.250. The van der Waals surface area contributed by atoms with Crippen LogP contribution in [0, 0.1) is 12.7 Å². The van der Waals surface area contributed by atoms with Gasteiger partial charge in [-0.15, -0.1) is 11.3 Å². The van der Waals surface area contributed by atoms with Crippen molar-refractivity contribution >= 4 is 44.0 Å². The summed E-state index contributed by atoms with van der Waals surface area (Å²) in [6, 6.07) is 9.26. The molecule has 3 aromatic heterocycles. The number of anilines is 2. The van der Waals surface area contributed by atoms with Crippen LogP contribution in [-0.2, 0) is 0 Å². The van der Waals surface area contributed by atoms with Gasteiger partial charge in [-0.05, 0) is 30.5 Å². The number of thiophene rings is 1. The number of benzene rings is 1. The van der Waals surface area contributed by atoms with E-state index < -0.39 is 0 Å². The molecule has 27 heavy (non-hydrogen) atoms. The Morgan fingerprint density at radius 1 is 1.04 bits per heavy atom. The zero-order valence-corrected chi connectivity index (χ0v) is 15.7. The fourth-order valence-electron chi connectivity index (χ4n) is 3.74. The molecule has 0 saturated carbocycles. The van der Waals surface area contributed by atoms with Gasteiger partial charge in [0.05, 0.1) is 10.2 Å². The van der Waals surface area contributed by atoms with E-state index in [4.69, 9.17) is 0 Å². The van der Waals surface area contributed by atoms with Crippen molar-refractivity contribution in [1.82, 2.24) is 15.0 Å². The molecule has 1 aliphatic heterocycles. The monoisotopic (exact) mass is 379 g/mol. The minimum absolute atomic E-state index is 0.267. The first-order valence-electron chi connectivity index (χ1n) is 8.95. The van der Waals surface area contributed by atoms with E-state index in [1.807, 2.05) is 19.1 Å². The molecule has 0 radical (unpaired) electrons. The molecule has 5 nitrogen and oxygen atoms in total. The lowest BCUT2D eigenvalue weighted by Gasteiger charge is -2.37. The van der Waals surface area contributed by atoms with E-state index in [2.05, 4.69) is 36.2 Å². The number of aromatic nitrogens is 3. The molecule has 1 saturated heterocycles. The van der Waals surface area contributed by atoms with E-state index in [0.29, 0.717) is 5.52 Å². The quantitative estimate of drug-likeness (QED) is 0.526. The van der Waals surface area contributed by atoms with Crippen molar-refractivity contribution in [2.24, 2.45) is 0 Å². The predicted molar refractivity (Wildman–Crippen MR) is 108 cm³/mol. The van der Waals surface area contributed by atoms with Crippen LogP contribution in [-0.4, -0.2) is 41.1 Å². The third-order valence-corrected chi connectivity index (χ3v) is 5.94. The summed E-state index contributed by atoms with van der Waals surface area (Å²) in [5.41, 5.74) is 3.34. The average molecular weight is 379 g/mol. The number of pyridine rings is 1. The van der Waals surface area contributed by atoms with Crippen LogP contribution in [0.25, 0.3) is 21.1 Å². The van der Waals surface area contributed by atoms with Gasteiger partial charge in [-0.2, -0.15) is 0 Å². The maximum atomic E-state index is 14.2. The van der Waals surface area contributed by atoms with E-state index in [1.165, 1.54) is 6.07 Å². The van der Waals surface area contributed by atoms with Gasteiger partial charge in [-0.3, -0.25) is 0 Å². The molecule has 5 rings (SSSR count). The van der Waals surface area contributed by atoms with Gasteiger partial charge in [0.1, 0.15) is 23.5 Å². The van der Waals surface area contributed by atoms with E-state index >= 15 is 0 Å². The number of piperazine rings is 1. The molecule has 0 spiro atoms. The summed E-state index contributed by atoms with van der Waals surface area (Å²) in [4.78, 5) is 17.9. The third-order valence-electron chi connectivity index (χ3n) is 5.04. The minimum Gasteiger partial charge on any atom is -0.367 e. The fourth-order valence-corrected chi connectivity index (χ4v) is 4.60. The van der Waals surface area contributed by atoms with E-state index in [-0.39, 0.29) is 5.82 Å². The van der Waals surface area contributed by atoms with Gasteiger partial charge in [0.2, 0.25) is 0 Å². The highest BCUT2D eigenvalue weighted by Crippen LogP contribution is 2.32. The summed E-state index contributed by atoms with van der Waals surface area (Å²) in [5.74, 6) is 0.744. The maximum Gasteiger partial charge on any atom is 0.150 e. The molecule has 1 fully saturated rings. The molecule has 0 bridgehead atoms. The number of aryl methyl sites for hydroxylation is 1. The first-order valence-corrected chi connectivity index (χ1v) is 9.82. The van der Waals surface area contributed by atoms with Crippen LogP contribution in [0.4, 0.5) is 15.9 Å². The minimum atomic E-state index is -0.267. The molecule has 1 aromatic carbocycles. The average Bonchev–Trinajstić information content (AvgIpc) is 3.17. The number of para-hydroxylation sites is 1. The Hall–Kier alpha value is -2.80. The van der Waals surface area contributed by atoms with Crippen molar-refractivity contribution in [2.75, 3.05) is 36.0 Å². The second kappa shape index (κ2) is 6.42. The molecule has 7 heteroatoms. The Balaban J connectivity index is 1.45. The van der Waals surface area contributed by atoms with Crippen LogP contribution >= 0.6 is 11.3 Å². The third kappa shape index (κ3) is 2.78. The number of hydrogen-bond acceptors (Lipinski definition) is 6. The summed E-state index contributed by atoms with van der Waals surface area (Å²) in [5, 5.41) is 2.93. The van der Waals surface area contributed by atoms with Crippen LogP contribution < -0.4 is 9.80 Å². The van der Waals surface area contributed by atoms with Gasteiger partial charge < -0.3 is 9.80 Å². The van der Waals surface area contributed by atoms with E-state index in [0.717, 1.165) is 59.0 Å². The van der Waals surface area contributed by atoms with Gasteiger partial charge in [0.15, 0.2) is 0 Å². The Labute approximate surface area is 160 Å². The van der Waals surface area contributed by atoms with Crippen LogP contribution in [0.5, 0.6) is 0 Å². The maximum absolute atomic E-state index is 14.2. The number of rotatable bonds is 2. The zero-order valence-electron chi connectivity index (χ0n) is 14.9. The summed E-state index contributed by atoms with van der Waals surface area (Å²) in [6.07, 6.45) is 1.64. The lowest BCUT2D eigenvalue weighted by molar-refractivity contribution is 0.635. The molecule has 0 N–H and O–H groups in total. The smallest absolute Gasteiger partial charge is 0.150 e. The highest BCUT2D eigenvalue weighted by atomic mass is 32.1. The van der Waals surface area contributed by atoms with Crippen molar-refractivity contribution in [1.29, 1.82) is 0 Å². The highest BCUT2D eigenvalue weighted by molar-refractivity contribution is 7.17. The summed E-state index contributed by atoms with van der Waals surface area (Å²) >= 11 is 1.68. The molecule has 136 valence electrons. The second-order valence-electron chi connectivity index (χ2n) is 6.73. The zero-order chi connectivity index (χ0) is 18.4. The van der Waals surface area contributed by atoms with Crippen molar-refractivity contribution in [3.63, 3.8) is 0 Å². The molecule has 0 unspecified atom stereocenters. The predicted octanol–water partition coefficient (Wildman–Crippen LogP) is 4.01. The molecule has 0 atom stereocenters. The summed E-state index contributed by atoms with van der Waals surface area (Å²) < 4.78 is 15.3. The number of halogens is 1.